The van der Waals surface area contributed by atoms with E-state index < -0.39 is 0 Å². The van der Waals surface area contributed by atoms with Gasteiger partial charge in [0.05, 0.1) is 6.20 Å². The molecule has 1 aromatic carbocycles. The molecule has 108 valence electrons. The molecule has 2 aromatic rings. The van der Waals surface area contributed by atoms with E-state index in [0.717, 1.165) is 37.1 Å². The van der Waals surface area contributed by atoms with Gasteiger partial charge in [0, 0.05) is 11.7 Å². The van der Waals surface area contributed by atoms with E-state index in [4.69, 9.17) is 0 Å². The first-order chi connectivity index (χ1) is 9.65. The van der Waals surface area contributed by atoms with Gasteiger partial charge in [-0.1, -0.05) is 12.1 Å². The largest absolute Gasteiger partial charge is 0.314 e. The van der Waals surface area contributed by atoms with Crippen molar-refractivity contribution < 1.29 is 4.39 Å². The Kier molecular flexibility index (Phi) is 5.30. The molecule has 0 saturated carbocycles. The van der Waals surface area contributed by atoms with Crippen LogP contribution in [0.2, 0.25) is 0 Å². The Hall–Kier alpha value is -1.68. The smallest absolute Gasteiger partial charge is 0.123 e. The molecule has 2 rings (SSSR count). The van der Waals surface area contributed by atoms with Gasteiger partial charge < -0.3 is 5.32 Å². The first kappa shape index (κ1) is 14.7. The third-order valence-electron chi connectivity index (χ3n) is 3.48. The van der Waals surface area contributed by atoms with Crippen LogP contribution in [0.3, 0.4) is 0 Å². The molecule has 4 heteroatoms. The lowest BCUT2D eigenvalue weighted by Gasteiger charge is -2.13. The highest BCUT2D eigenvalue weighted by Gasteiger charge is 2.04. The highest BCUT2D eigenvalue weighted by Crippen LogP contribution is 2.07. The van der Waals surface area contributed by atoms with E-state index in [2.05, 4.69) is 22.4 Å². The van der Waals surface area contributed by atoms with Crippen LogP contribution in [0.1, 0.15) is 30.2 Å². The second kappa shape index (κ2) is 7.20. The number of aryl methyl sites for hydroxylation is 2. The predicted octanol–water partition coefficient (Wildman–Crippen LogP) is 3.01. The first-order valence-electron chi connectivity index (χ1n) is 7.12. The molecule has 0 bridgehead atoms. The monoisotopic (exact) mass is 275 g/mol. The number of halogens is 1. The summed E-state index contributed by atoms with van der Waals surface area (Å²) in [7, 11) is 0. The Morgan fingerprint density at radius 1 is 1.40 bits per heavy atom. The van der Waals surface area contributed by atoms with Crippen LogP contribution in [0.5, 0.6) is 0 Å². The fraction of sp³-hybridized carbons (Fsp3) is 0.438. The van der Waals surface area contributed by atoms with E-state index in [1.54, 1.807) is 12.1 Å². The summed E-state index contributed by atoms with van der Waals surface area (Å²) in [6.45, 7) is 5.14. The molecule has 1 atom stereocenters. The molecular formula is C16H22FN3. The van der Waals surface area contributed by atoms with E-state index in [0.29, 0.717) is 6.04 Å². The molecule has 0 aliphatic carbocycles. The summed E-state index contributed by atoms with van der Waals surface area (Å²) >= 11 is 0. The molecule has 0 radical (unpaired) electrons. The zero-order valence-electron chi connectivity index (χ0n) is 12.1. The summed E-state index contributed by atoms with van der Waals surface area (Å²) < 4.78 is 13.1. The molecule has 0 fully saturated rings. The molecule has 0 spiro atoms. The van der Waals surface area contributed by atoms with Crippen LogP contribution in [0, 0.1) is 12.7 Å². The topological polar surface area (TPSA) is 40.7 Å². The van der Waals surface area contributed by atoms with Crippen molar-refractivity contribution >= 4 is 0 Å². The number of nitrogens with zero attached hydrogens (tertiary/aromatic N) is 1. The maximum Gasteiger partial charge on any atom is 0.123 e. The van der Waals surface area contributed by atoms with Gasteiger partial charge in [0.2, 0.25) is 0 Å². The van der Waals surface area contributed by atoms with E-state index >= 15 is 0 Å². The summed E-state index contributed by atoms with van der Waals surface area (Å²) in [5.74, 6) is -0.162. The molecule has 20 heavy (non-hydrogen) atoms. The standard InChI is InChI=1S/C16H22FN3/c1-12(9-14-5-3-7-16(17)10-14)18-8-4-6-15-11-19-20-13(15)2/h3,5,7,10-12,18H,4,6,8-9H2,1-2H3,(H,19,20). The molecule has 3 nitrogen and oxygen atoms in total. The Balaban J connectivity index is 1.68. The highest BCUT2D eigenvalue weighted by molar-refractivity contribution is 5.17. The van der Waals surface area contributed by atoms with Gasteiger partial charge in [-0.2, -0.15) is 5.10 Å². The third-order valence-corrected chi connectivity index (χ3v) is 3.48. The maximum absolute atomic E-state index is 13.1. The summed E-state index contributed by atoms with van der Waals surface area (Å²) in [6.07, 6.45) is 4.85. The predicted molar refractivity (Wildman–Crippen MR) is 79.2 cm³/mol. The SMILES string of the molecule is Cc1[nH]ncc1CCCNC(C)Cc1cccc(F)c1. The normalized spacial score (nSPS) is 12.6. The Labute approximate surface area is 119 Å². The van der Waals surface area contributed by atoms with Gasteiger partial charge >= 0.3 is 0 Å². The molecule has 0 saturated heterocycles. The van der Waals surface area contributed by atoms with Crippen molar-refractivity contribution in [2.45, 2.75) is 39.2 Å². The van der Waals surface area contributed by atoms with Gasteiger partial charge in [-0.25, -0.2) is 4.39 Å². The second-order valence-electron chi connectivity index (χ2n) is 5.31. The molecule has 2 N–H and O–H groups in total. The van der Waals surface area contributed by atoms with Crippen LogP contribution >= 0.6 is 0 Å². The molecule has 1 unspecified atom stereocenters. The molecule has 0 aliphatic rings. The number of H-pyrrole nitrogens is 1. The Morgan fingerprint density at radius 2 is 2.25 bits per heavy atom. The highest BCUT2D eigenvalue weighted by atomic mass is 19.1. The molecule has 1 aromatic heterocycles. The minimum Gasteiger partial charge on any atom is -0.314 e. The summed E-state index contributed by atoms with van der Waals surface area (Å²) in [5, 5.41) is 10.4. The number of hydrogen-bond acceptors (Lipinski definition) is 2. The number of aromatic nitrogens is 2. The van der Waals surface area contributed by atoms with Crippen molar-refractivity contribution in [2.75, 3.05) is 6.54 Å². The van der Waals surface area contributed by atoms with Crippen molar-refractivity contribution in [3.05, 3.63) is 53.1 Å². The van der Waals surface area contributed by atoms with Crippen molar-refractivity contribution in [1.82, 2.24) is 15.5 Å². The van der Waals surface area contributed by atoms with E-state index in [1.165, 1.54) is 11.6 Å². The zero-order valence-corrected chi connectivity index (χ0v) is 12.1. The van der Waals surface area contributed by atoms with Crippen LogP contribution in [-0.4, -0.2) is 22.8 Å². The minimum atomic E-state index is -0.162. The summed E-state index contributed by atoms with van der Waals surface area (Å²) in [6, 6.07) is 7.17. The lowest BCUT2D eigenvalue weighted by molar-refractivity contribution is 0.532. The summed E-state index contributed by atoms with van der Waals surface area (Å²) in [4.78, 5) is 0. The van der Waals surface area contributed by atoms with Crippen LogP contribution in [0.25, 0.3) is 0 Å². The third kappa shape index (κ3) is 4.46. The lowest BCUT2D eigenvalue weighted by Crippen LogP contribution is -2.29. The molecule has 1 heterocycles. The average Bonchev–Trinajstić information content (AvgIpc) is 2.80. The summed E-state index contributed by atoms with van der Waals surface area (Å²) in [5.41, 5.74) is 3.47. The first-order valence-corrected chi connectivity index (χ1v) is 7.12. The van der Waals surface area contributed by atoms with Gasteiger partial charge in [-0.15, -0.1) is 0 Å². The second-order valence-corrected chi connectivity index (χ2v) is 5.31. The average molecular weight is 275 g/mol. The van der Waals surface area contributed by atoms with E-state index in [9.17, 15) is 4.39 Å². The van der Waals surface area contributed by atoms with Crippen molar-refractivity contribution in [3.63, 3.8) is 0 Å². The van der Waals surface area contributed by atoms with Gasteiger partial charge in [0.1, 0.15) is 5.82 Å². The number of aromatic amines is 1. The van der Waals surface area contributed by atoms with Gasteiger partial charge in [-0.3, -0.25) is 5.10 Å². The van der Waals surface area contributed by atoms with Gasteiger partial charge in [0.25, 0.3) is 0 Å². The number of benzene rings is 1. The quantitative estimate of drug-likeness (QED) is 0.763. The fourth-order valence-corrected chi connectivity index (χ4v) is 2.34. The van der Waals surface area contributed by atoms with Crippen LogP contribution in [0.4, 0.5) is 4.39 Å². The van der Waals surface area contributed by atoms with E-state index in [1.807, 2.05) is 19.2 Å². The number of nitrogens with one attached hydrogen (secondary N) is 2. The zero-order chi connectivity index (χ0) is 14.4. The Bertz CT molecular complexity index is 536. The van der Waals surface area contributed by atoms with Crippen molar-refractivity contribution in [3.8, 4) is 0 Å². The van der Waals surface area contributed by atoms with Crippen molar-refractivity contribution in [1.29, 1.82) is 0 Å². The minimum absolute atomic E-state index is 0.162. The van der Waals surface area contributed by atoms with Crippen LogP contribution < -0.4 is 5.32 Å². The molecule has 0 amide bonds. The maximum atomic E-state index is 13.1. The van der Waals surface area contributed by atoms with Crippen LogP contribution in [0.15, 0.2) is 30.5 Å². The lowest BCUT2D eigenvalue weighted by atomic mass is 10.1. The van der Waals surface area contributed by atoms with Gasteiger partial charge in [-0.05, 0) is 62.9 Å². The molecule has 0 aliphatic heterocycles. The fourth-order valence-electron chi connectivity index (χ4n) is 2.34. The number of rotatable bonds is 7. The van der Waals surface area contributed by atoms with Crippen LogP contribution in [-0.2, 0) is 12.8 Å². The Morgan fingerprint density at radius 3 is 2.95 bits per heavy atom. The van der Waals surface area contributed by atoms with Crippen molar-refractivity contribution in [2.24, 2.45) is 0 Å². The molecular weight excluding hydrogens is 253 g/mol. The number of hydrogen-bond donors (Lipinski definition) is 2. The van der Waals surface area contributed by atoms with E-state index in [-0.39, 0.29) is 5.82 Å². The van der Waals surface area contributed by atoms with Gasteiger partial charge in [0.15, 0.2) is 0 Å².